The molecule has 1 aliphatic heterocycles. The van der Waals surface area contributed by atoms with E-state index in [0.29, 0.717) is 13.0 Å². The Bertz CT molecular complexity index is 299. The number of esters is 1. The molecular formula is C16H29NO2. The van der Waals surface area contributed by atoms with Gasteiger partial charge in [0.2, 0.25) is 0 Å². The van der Waals surface area contributed by atoms with Gasteiger partial charge in [0, 0.05) is 5.54 Å². The minimum Gasteiger partial charge on any atom is -0.466 e. The van der Waals surface area contributed by atoms with E-state index in [1.165, 1.54) is 58.0 Å². The Kier molecular flexibility index (Phi) is 5.26. The third-order valence-corrected chi connectivity index (χ3v) is 5.06. The topological polar surface area (TPSA) is 29.5 Å². The predicted octanol–water partition coefficient (Wildman–Crippen LogP) is 3.37. The molecule has 0 bridgehead atoms. The SMILES string of the molecule is CCOC(=O)CC1(N2CCCC2)CCCC(CC)C1. The van der Waals surface area contributed by atoms with Crippen LogP contribution in [0.4, 0.5) is 0 Å². The molecule has 3 nitrogen and oxygen atoms in total. The van der Waals surface area contributed by atoms with Crippen LogP contribution >= 0.6 is 0 Å². The minimum absolute atomic E-state index is 0.00570. The van der Waals surface area contributed by atoms with Gasteiger partial charge in [-0.05, 0) is 51.6 Å². The first kappa shape index (κ1) is 14.8. The molecule has 3 heteroatoms. The van der Waals surface area contributed by atoms with Gasteiger partial charge < -0.3 is 4.74 Å². The number of hydrogen-bond acceptors (Lipinski definition) is 3. The molecule has 0 aromatic carbocycles. The van der Waals surface area contributed by atoms with E-state index in [2.05, 4.69) is 11.8 Å². The lowest BCUT2D eigenvalue weighted by Gasteiger charge is -2.46. The Hall–Kier alpha value is -0.570. The summed E-state index contributed by atoms with van der Waals surface area (Å²) >= 11 is 0. The molecule has 0 N–H and O–H groups in total. The second-order valence-electron chi connectivity index (χ2n) is 6.27. The van der Waals surface area contributed by atoms with Gasteiger partial charge in [0.05, 0.1) is 13.0 Å². The zero-order valence-corrected chi connectivity index (χ0v) is 12.6. The summed E-state index contributed by atoms with van der Waals surface area (Å²) in [5, 5.41) is 0. The summed E-state index contributed by atoms with van der Waals surface area (Å²) in [5.74, 6) is 0.801. The Morgan fingerprint density at radius 1 is 1.26 bits per heavy atom. The average Bonchev–Trinajstić information content (AvgIpc) is 2.93. The van der Waals surface area contributed by atoms with E-state index in [1.807, 2.05) is 6.92 Å². The van der Waals surface area contributed by atoms with Crippen molar-refractivity contribution < 1.29 is 9.53 Å². The van der Waals surface area contributed by atoms with Crippen LogP contribution in [0.15, 0.2) is 0 Å². The van der Waals surface area contributed by atoms with Crippen LogP contribution in [-0.2, 0) is 9.53 Å². The summed E-state index contributed by atoms with van der Waals surface area (Å²) in [7, 11) is 0. The van der Waals surface area contributed by atoms with Gasteiger partial charge in [0.15, 0.2) is 0 Å². The van der Waals surface area contributed by atoms with E-state index in [0.717, 1.165) is 5.92 Å². The summed E-state index contributed by atoms with van der Waals surface area (Å²) < 4.78 is 5.23. The molecular weight excluding hydrogens is 238 g/mol. The van der Waals surface area contributed by atoms with E-state index >= 15 is 0 Å². The van der Waals surface area contributed by atoms with Crippen molar-refractivity contribution in [1.82, 2.24) is 4.90 Å². The fourth-order valence-electron chi connectivity index (χ4n) is 4.04. The van der Waals surface area contributed by atoms with E-state index in [4.69, 9.17) is 4.74 Å². The number of carbonyl (C=O) groups excluding carboxylic acids is 1. The van der Waals surface area contributed by atoms with Crippen molar-refractivity contribution in [2.45, 2.75) is 70.8 Å². The van der Waals surface area contributed by atoms with Crippen LogP contribution in [0.1, 0.15) is 65.2 Å². The highest BCUT2D eigenvalue weighted by molar-refractivity contribution is 5.71. The summed E-state index contributed by atoms with van der Waals surface area (Å²) in [4.78, 5) is 14.6. The van der Waals surface area contributed by atoms with Crippen LogP contribution < -0.4 is 0 Å². The van der Waals surface area contributed by atoms with E-state index in [-0.39, 0.29) is 11.5 Å². The van der Waals surface area contributed by atoms with E-state index < -0.39 is 0 Å². The quantitative estimate of drug-likeness (QED) is 0.715. The molecule has 2 atom stereocenters. The highest BCUT2D eigenvalue weighted by Gasteiger charge is 2.43. The molecule has 110 valence electrons. The predicted molar refractivity (Wildman–Crippen MR) is 77.0 cm³/mol. The molecule has 2 aliphatic rings. The van der Waals surface area contributed by atoms with E-state index in [1.54, 1.807) is 0 Å². The first-order valence-corrected chi connectivity index (χ1v) is 8.11. The number of rotatable bonds is 5. The Morgan fingerprint density at radius 2 is 2.00 bits per heavy atom. The van der Waals surface area contributed by atoms with Crippen molar-refractivity contribution >= 4 is 5.97 Å². The molecule has 0 amide bonds. The molecule has 1 aliphatic carbocycles. The van der Waals surface area contributed by atoms with Crippen LogP contribution in [0.3, 0.4) is 0 Å². The van der Waals surface area contributed by atoms with Gasteiger partial charge in [-0.15, -0.1) is 0 Å². The molecule has 2 fully saturated rings. The maximum absolute atomic E-state index is 12.0. The van der Waals surface area contributed by atoms with Gasteiger partial charge in [-0.3, -0.25) is 9.69 Å². The largest absolute Gasteiger partial charge is 0.466 e. The van der Waals surface area contributed by atoms with Crippen molar-refractivity contribution in [2.24, 2.45) is 5.92 Å². The molecule has 19 heavy (non-hydrogen) atoms. The standard InChI is InChI=1S/C16H29NO2/c1-3-14-8-7-9-16(12-14,13-15(18)19-4-2)17-10-5-6-11-17/h14H,3-13H2,1-2H3. The third kappa shape index (κ3) is 3.50. The van der Waals surface area contributed by atoms with Crippen molar-refractivity contribution in [1.29, 1.82) is 0 Å². The van der Waals surface area contributed by atoms with Gasteiger partial charge in [-0.2, -0.15) is 0 Å². The molecule has 1 saturated carbocycles. The second-order valence-corrected chi connectivity index (χ2v) is 6.27. The fourth-order valence-corrected chi connectivity index (χ4v) is 4.04. The lowest BCUT2D eigenvalue weighted by Crippen LogP contribution is -2.51. The number of nitrogens with zero attached hydrogens (tertiary/aromatic N) is 1. The Balaban J connectivity index is 2.09. The van der Waals surface area contributed by atoms with Crippen LogP contribution in [0.2, 0.25) is 0 Å². The summed E-state index contributed by atoms with van der Waals surface area (Å²) in [6, 6.07) is 0. The molecule has 0 spiro atoms. The second kappa shape index (κ2) is 6.74. The van der Waals surface area contributed by atoms with Crippen molar-refractivity contribution in [3.63, 3.8) is 0 Å². The van der Waals surface area contributed by atoms with Gasteiger partial charge in [0.25, 0.3) is 0 Å². The van der Waals surface area contributed by atoms with Crippen LogP contribution in [-0.4, -0.2) is 36.1 Å². The van der Waals surface area contributed by atoms with Gasteiger partial charge >= 0.3 is 5.97 Å². The molecule has 2 unspecified atom stereocenters. The van der Waals surface area contributed by atoms with Gasteiger partial charge in [-0.1, -0.05) is 26.2 Å². The molecule has 0 aromatic heterocycles. The van der Waals surface area contributed by atoms with Crippen LogP contribution in [0, 0.1) is 5.92 Å². The molecule has 0 radical (unpaired) electrons. The van der Waals surface area contributed by atoms with Gasteiger partial charge in [-0.25, -0.2) is 0 Å². The van der Waals surface area contributed by atoms with Crippen molar-refractivity contribution in [3.05, 3.63) is 0 Å². The van der Waals surface area contributed by atoms with Crippen LogP contribution in [0.25, 0.3) is 0 Å². The number of ether oxygens (including phenoxy) is 1. The first-order valence-electron chi connectivity index (χ1n) is 8.11. The Labute approximate surface area is 117 Å². The minimum atomic E-state index is 0.00570. The summed E-state index contributed by atoms with van der Waals surface area (Å²) in [5.41, 5.74) is 0.113. The highest BCUT2D eigenvalue weighted by atomic mass is 16.5. The van der Waals surface area contributed by atoms with E-state index in [9.17, 15) is 4.79 Å². The number of hydrogen-bond donors (Lipinski definition) is 0. The van der Waals surface area contributed by atoms with Gasteiger partial charge in [0.1, 0.15) is 0 Å². The fraction of sp³-hybridized carbons (Fsp3) is 0.938. The molecule has 2 rings (SSSR count). The van der Waals surface area contributed by atoms with Crippen LogP contribution in [0.5, 0.6) is 0 Å². The summed E-state index contributed by atoms with van der Waals surface area (Å²) in [6.45, 7) is 7.04. The summed E-state index contributed by atoms with van der Waals surface area (Å²) in [6.07, 6.45) is 9.44. The van der Waals surface area contributed by atoms with Crippen molar-refractivity contribution in [2.75, 3.05) is 19.7 Å². The average molecular weight is 267 g/mol. The maximum atomic E-state index is 12.0. The lowest BCUT2D eigenvalue weighted by molar-refractivity contribution is -0.147. The monoisotopic (exact) mass is 267 g/mol. The molecule has 0 aromatic rings. The zero-order valence-electron chi connectivity index (χ0n) is 12.6. The smallest absolute Gasteiger partial charge is 0.307 e. The highest BCUT2D eigenvalue weighted by Crippen LogP contribution is 2.42. The number of likely N-dealkylation sites (tertiary alicyclic amines) is 1. The first-order chi connectivity index (χ1) is 9.20. The molecule has 1 saturated heterocycles. The van der Waals surface area contributed by atoms with Crippen molar-refractivity contribution in [3.8, 4) is 0 Å². The zero-order chi connectivity index (χ0) is 13.7. The molecule has 1 heterocycles. The normalized spacial score (nSPS) is 32.4. The maximum Gasteiger partial charge on any atom is 0.307 e. The third-order valence-electron chi connectivity index (χ3n) is 5.06. The number of carbonyl (C=O) groups is 1. The Morgan fingerprint density at radius 3 is 2.63 bits per heavy atom. The lowest BCUT2D eigenvalue weighted by atomic mass is 9.72.